The van der Waals surface area contributed by atoms with Crippen molar-refractivity contribution in [3.8, 4) is 6.07 Å². The van der Waals surface area contributed by atoms with E-state index in [1.807, 2.05) is 26.0 Å². The van der Waals surface area contributed by atoms with Crippen molar-refractivity contribution in [3.05, 3.63) is 69.3 Å². The number of hydrogen-bond donors (Lipinski definition) is 2. The fourth-order valence-corrected chi connectivity index (χ4v) is 2.33. The van der Waals surface area contributed by atoms with Crippen LogP contribution in [0.3, 0.4) is 0 Å². The van der Waals surface area contributed by atoms with Gasteiger partial charge in [-0.3, -0.25) is 4.79 Å². The van der Waals surface area contributed by atoms with Gasteiger partial charge in [0.15, 0.2) is 0 Å². The number of benzene rings is 2. The molecule has 6 heteroatoms. The summed E-state index contributed by atoms with van der Waals surface area (Å²) in [5.41, 5.74) is 2.91. The lowest BCUT2D eigenvalue weighted by Crippen LogP contribution is -2.15. The number of rotatable bonds is 4. The van der Waals surface area contributed by atoms with Gasteiger partial charge < -0.3 is 10.6 Å². The minimum Gasteiger partial charge on any atom is -0.360 e. The lowest BCUT2D eigenvalue weighted by Gasteiger charge is -2.09. The molecule has 24 heavy (non-hydrogen) atoms. The molecule has 0 saturated carbocycles. The highest BCUT2D eigenvalue weighted by atomic mass is 35.5. The topological polar surface area (TPSA) is 64.9 Å². The second-order valence-corrected chi connectivity index (χ2v) is 5.98. The number of aryl methyl sites for hydroxylation is 1. The smallest absolute Gasteiger partial charge is 0.267 e. The lowest BCUT2D eigenvalue weighted by molar-refractivity contribution is -0.112. The number of nitrogens with zero attached hydrogens (tertiary/aromatic N) is 1. The molecule has 4 nitrogen and oxygen atoms in total. The largest absolute Gasteiger partial charge is 0.360 e. The van der Waals surface area contributed by atoms with Crippen LogP contribution >= 0.6 is 23.2 Å². The van der Waals surface area contributed by atoms with Crippen molar-refractivity contribution in [3.63, 3.8) is 0 Å². The van der Waals surface area contributed by atoms with Gasteiger partial charge in [0.1, 0.15) is 11.6 Å². The van der Waals surface area contributed by atoms with E-state index in [9.17, 15) is 10.1 Å². The molecule has 0 aliphatic rings. The van der Waals surface area contributed by atoms with Crippen molar-refractivity contribution < 1.29 is 4.79 Å². The zero-order chi connectivity index (χ0) is 17.7. The molecule has 2 rings (SSSR count). The van der Waals surface area contributed by atoms with E-state index in [4.69, 9.17) is 23.2 Å². The molecule has 2 N–H and O–H groups in total. The van der Waals surface area contributed by atoms with Crippen molar-refractivity contribution in [2.24, 2.45) is 0 Å². The van der Waals surface area contributed by atoms with Crippen molar-refractivity contribution in [2.75, 3.05) is 10.6 Å². The first kappa shape index (κ1) is 17.9. The van der Waals surface area contributed by atoms with E-state index in [0.717, 1.165) is 16.8 Å². The number of carbonyl (C=O) groups is 1. The molecule has 122 valence electrons. The van der Waals surface area contributed by atoms with Crippen molar-refractivity contribution >= 4 is 40.5 Å². The van der Waals surface area contributed by atoms with E-state index >= 15 is 0 Å². The van der Waals surface area contributed by atoms with Crippen LogP contribution in [0, 0.1) is 25.2 Å². The monoisotopic (exact) mass is 359 g/mol. The molecule has 2 aromatic carbocycles. The minimum atomic E-state index is -0.518. The van der Waals surface area contributed by atoms with Crippen molar-refractivity contribution in [1.82, 2.24) is 0 Å². The molecule has 0 aromatic heterocycles. The molecule has 0 radical (unpaired) electrons. The van der Waals surface area contributed by atoms with Crippen LogP contribution in [0.1, 0.15) is 11.1 Å². The Balaban J connectivity index is 2.18. The number of anilines is 2. The molecule has 0 heterocycles. The van der Waals surface area contributed by atoms with E-state index < -0.39 is 5.91 Å². The number of hydrogen-bond acceptors (Lipinski definition) is 3. The maximum absolute atomic E-state index is 12.3. The summed E-state index contributed by atoms with van der Waals surface area (Å²) >= 11 is 12.0. The van der Waals surface area contributed by atoms with Gasteiger partial charge in [-0.1, -0.05) is 35.3 Å². The summed E-state index contributed by atoms with van der Waals surface area (Å²) in [6, 6.07) is 12.4. The second-order valence-electron chi connectivity index (χ2n) is 5.14. The molecule has 1 amide bonds. The highest BCUT2D eigenvalue weighted by Gasteiger charge is 2.11. The molecule has 0 atom stereocenters. The van der Waals surface area contributed by atoms with Crippen LogP contribution in [-0.2, 0) is 4.79 Å². The number of nitrogens with one attached hydrogen (secondary N) is 2. The van der Waals surface area contributed by atoms with E-state index in [2.05, 4.69) is 10.6 Å². The van der Waals surface area contributed by atoms with Crippen LogP contribution in [0.15, 0.2) is 48.2 Å². The summed E-state index contributed by atoms with van der Waals surface area (Å²) in [4.78, 5) is 12.3. The van der Waals surface area contributed by atoms with E-state index in [1.165, 1.54) is 6.20 Å². The highest BCUT2D eigenvalue weighted by Crippen LogP contribution is 2.23. The molecular weight excluding hydrogens is 345 g/mol. The zero-order valence-electron chi connectivity index (χ0n) is 13.2. The van der Waals surface area contributed by atoms with Gasteiger partial charge in [-0.2, -0.15) is 5.26 Å². The Morgan fingerprint density at radius 1 is 1.17 bits per heavy atom. The SMILES string of the molecule is Cc1ccc(Cl)cc1NC(=O)/C(C#N)=C\Nc1cccc(Cl)c1C. The highest BCUT2D eigenvalue weighted by molar-refractivity contribution is 6.31. The average molecular weight is 360 g/mol. The molecule has 0 aliphatic heterocycles. The Kier molecular flexibility index (Phi) is 5.86. The summed E-state index contributed by atoms with van der Waals surface area (Å²) in [7, 11) is 0. The van der Waals surface area contributed by atoms with E-state index in [-0.39, 0.29) is 5.57 Å². The quantitative estimate of drug-likeness (QED) is 0.591. The predicted octanol–water partition coefficient (Wildman–Crippen LogP) is 5.07. The Morgan fingerprint density at radius 3 is 2.62 bits per heavy atom. The molecule has 0 saturated heterocycles. The minimum absolute atomic E-state index is 0.0613. The molecular formula is C18H15Cl2N3O. The van der Waals surface area contributed by atoms with Crippen LogP contribution in [0.5, 0.6) is 0 Å². The van der Waals surface area contributed by atoms with Gasteiger partial charge in [-0.25, -0.2) is 0 Å². The summed E-state index contributed by atoms with van der Waals surface area (Å²) in [6.07, 6.45) is 1.36. The fourth-order valence-electron chi connectivity index (χ4n) is 1.98. The van der Waals surface area contributed by atoms with Gasteiger partial charge in [0.2, 0.25) is 0 Å². The number of amides is 1. The van der Waals surface area contributed by atoms with Crippen LogP contribution in [0.4, 0.5) is 11.4 Å². The van der Waals surface area contributed by atoms with Gasteiger partial charge in [0, 0.05) is 27.6 Å². The molecule has 0 aliphatic carbocycles. The number of nitriles is 1. The second kappa shape index (κ2) is 7.87. The van der Waals surface area contributed by atoms with Crippen LogP contribution in [-0.4, -0.2) is 5.91 Å². The number of halogens is 2. The maximum atomic E-state index is 12.3. The van der Waals surface area contributed by atoms with E-state index in [1.54, 1.807) is 30.3 Å². The van der Waals surface area contributed by atoms with Gasteiger partial charge in [0.25, 0.3) is 5.91 Å². The van der Waals surface area contributed by atoms with Gasteiger partial charge in [-0.15, -0.1) is 0 Å². The standard InChI is InChI=1S/C18H15Cl2N3O/c1-11-6-7-14(19)8-17(11)23-18(24)13(9-21)10-22-16-5-3-4-15(20)12(16)2/h3-8,10,22H,1-2H3,(H,23,24)/b13-10-. The molecule has 0 fully saturated rings. The normalized spacial score (nSPS) is 10.9. The maximum Gasteiger partial charge on any atom is 0.267 e. The predicted molar refractivity (Wildman–Crippen MR) is 98.3 cm³/mol. The summed E-state index contributed by atoms with van der Waals surface area (Å²) in [6.45, 7) is 3.69. The van der Waals surface area contributed by atoms with Crippen molar-refractivity contribution in [1.29, 1.82) is 5.26 Å². The summed E-state index contributed by atoms with van der Waals surface area (Å²) in [5.74, 6) is -0.518. The Bertz CT molecular complexity index is 854. The first-order valence-electron chi connectivity index (χ1n) is 7.12. The molecule has 0 unspecified atom stereocenters. The van der Waals surface area contributed by atoms with Crippen LogP contribution in [0.25, 0.3) is 0 Å². The third-order valence-electron chi connectivity index (χ3n) is 3.45. The molecule has 0 spiro atoms. The average Bonchev–Trinajstić information content (AvgIpc) is 2.55. The summed E-state index contributed by atoms with van der Waals surface area (Å²) in [5, 5.41) is 16.0. The first-order chi connectivity index (χ1) is 11.4. The van der Waals surface area contributed by atoms with Crippen LogP contribution in [0.2, 0.25) is 10.0 Å². The number of carbonyl (C=O) groups excluding carboxylic acids is 1. The van der Waals surface area contributed by atoms with Gasteiger partial charge in [-0.05, 0) is 49.2 Å². The van der Waals surface area contributed by atoms with Gasteiger partial charge in [0.05, 0.1) is 0 Å². The summed E-state index contributed by atoms with van der Waals surface area (Å²) < 4.78 is 0. The molecule has 0 bridgehead atoms. The third-order valence-corrected chi connectivity index (χ3v) is 4.10. The zero-order valence-corrected chi connectivity index (χ0v) is 14.7. The fraction of sp³-hybridized carbons (Fsp3) is 0.111. The van der Waals surface area contributed by atoms with E-state index in [0.29, 0.717) is 15.7 Å². The van der Waals surface area contributed by atoms with Crippen molar-refractivity contribution in [2.45, 2.75) is 13.8 Å². The lowest BCUT2D eigenvalue weighted by atomic mass is 10.2. The molecule has 2 aromatic rings. The Morgan fingerprint density at radius 2 is 1.92 bits per heavy atom. The third kappa shape index (κ3) is 4.29. The first-order valence-corrected chi connectivity index (χ1v) is 7.87. The Hall–Kier alpha value is -2.48. The van der Waals surface area contributed by atoms with Crippen LogP contribution < -0.4 is 10.6 Å². The Labute approximate surface area is 150 Å². The van der Waals surface area contributed by atoms with Gasteiger partial charge >= 0.3 is 0 Å².